The molecule has 0 saturated heterocycles. The smallest absolute Gasteiger partial charge is 0.326 e. The van der Waals surface area contributed by atoms with Gasteiger partial charge in [-0.15, -0.1) is 0 Å². The van der Waals surface area contributed by atoms with Crippen molar-refractivity contribution in [2.75, 3.05) is 28.6 Å². The molecule has 166 valence electrons. The van der Waals surface area contributed by atoms with Gasteiger partial charge in [0, 0.05) is 29.5 Å². The zero-order chi connectivity index (χ0) is 22.9. The van der Waals surface area contributed by atoms with Crippen molar-refractivity contribution in [3.05, 3.63) is 89.5 Å². The lowest BCUT2D eigenvalue weighted by atomic mass is 10.2. The number of hydrogen-bond acceptors (Lipinski definition) is 2. The molecule has 32 heavy (non-hydrogen) atoms. The molecule has 0 unspecified atom stereocenters. The van der Waals surface area contributed by atoms with Gasteiger partial charge < -0.3 is 16.0 Å². The summed E-state index contributed by atoms with van der Waals surface area (Å²) in [6.45, 7) is 0.469. The molecule has 3 rings (SSSR count). The van der Waals surface area contributed by atoms with Crippen LogP contribution < -0.4 is 20.9 Å². The van der Waals surface area contributed by atoms with Gasteiger partial charge in [0.1, 0.15) is 11.6 Å². The molecule has 9 heteroatoms. The van der Waals surface area contributed by atoms with Crippen molar-refractivity contribution in [2.24, 2.45) is 0 Å². The van der Waals surface area contributed by atoms with Crippen LogP contribution in [0.3, 0.4) is 0 Å². The van der Waals surface area contributed by atoms with E-state index in [2.05, 4.69) is 16.0 Å². The van der Waals surface area contributed by atoms with Crippen LogP contribution >= 0.6 is 11.6 Å². The van der Waals surface area contributed by atoms with Crippen LogP contribution in [0.25, 0.3) is 0 Å². The Morgan fingerprint density at radius 2 is 1.56 bits per heavy atom. The van der Waals surface area contributed by atoms with E-state index in [1.54, 1.807) is 30.3 Å². The van der Waals surface area contributed by atoms with Crippen LogP contribution in [0.4, 0.5) is 35.4 Å². The van der Waals surface area contributed by atoms with Crippen molar-refractivity contribution in [2.45, 2.75) is 6.42 Å². The van der Waals surface area contributed by atoms with Crippen LogP contribution in [0.2, 0.25) is 5.02 Å². The summed E-state index contributed by atoms with van der Waals surface area (Å²) in [5.74, 6) is -1.01. The number of halogens is 3. The Hall–Kier alpha value is -3.65. The first-order chi connectivity index (χ1) is 15.4. The second-order valence-electron chi connectivity index (χ2n) is 6.78. The lowest BCUT2D eigenvalue weighted by molar-refractivity contribution is 0.252. The molecule has 0 aliphatic rings. The Balaban J connectivity index is 1.58. The number of carbonyl (C=O) groups is 2. The zero-order valence-electron chi connectivity index (χ0n) is 16.9. The summed E-state index contributed by atoms with van der Waals surface area (Å²) in [5, 5.41) is 8.45. The van der Waals surface area contributed by atoms with Gasteiger partial charge in [0.25, 0.3) is 0 Å². The molecule has 0 aromatic heterocycles. The summed E-state index contributed by atoms with van der Waals surface area (Å²) in [5.41, 5.74) is 1.06. The van der Waals surface area contributed by atoms with E-state index in [0.29, 0.717) is 22.8 Å². The molecule has 3 aromatic rings. The number of urea groups is 2. The summed E-state index contributed by atoms with van der Waals surface area (Å²) in [6, 6.07) is 16.9. The van der Waals surface area contributed by atoms with Crippen molar-refractivity contribution in [1.29, 1.82) is 0 Å². The SMILES string of the molecule is O=C(NCCCN(C(=O)Nc1ccccc1F)c1ccc(F)cc1)Nc1ccc(Cl)cc1. The first-order valence-electron chi connectivity index (χ1n) is 9.81. The monoisotopic (exact) mass is 458 g/mol. The van der Waals surface area contributed by atoms with Gasteiger partial charge in [-0.3, -0.25) is 4.90 Å². The van der Waals surface area contributed by atoms with Crippen LogP contribution in [0, 0.1) is 11.6 Å². The number of nitrogens with one attached hydrogen (secondary N) is 3. The normalized spacial score (nSPS) is 10.3. The van der Waals surface area contributed by atoms with E-state index in [-0.39, 0.29) is 18.8 Å². The Kier molecular flexibility index (Phi) is 7.99. The predicted octanol–water partition coefficient (Wildman–Crippen LogP) is 5.87. The van der Waals surface area contributed by atoms with Gasteiger partial charge in [-0.25, -0.2) is 18.4 Å². The quantitative estimate of drug-likeness (QED) is 0.387. The molecular formula is C23H21ClF2N4O2. The molecule has 0 bridgehead atoms. The molecule has 0 aliphatic carbocycles. The highest BCUT2D eigenvalue weighted by molar-refractivity contribution is 6.30. The summed E-state index contributed by atoms with van der Waals surface area (Å²) >= 11 is 5.82. The maximum atomic E-state index is 13.9. The molecule has 0 fully saturated rings. The molecule has 0 saturated carbocycles. The van der Waals surface area contributed by atoms with Gasteiger partial charge in [-0.2, -0.15) is 0 Å². The Morgan fingerprint density at radius 1 is 0.875 bits per heavy atom. The van der Waals surface area contributed by atoms with Crippen LogP contribution in [0.15, 0.2) is 72.8 Å². The number of carbonyl (C=O) groups excluding carboxylic acids is 2. The van der Waals surface area contributed by atoms with Crippen LogP contribution in [-0.4, -0.2) is 25.2 Å². The van der Waals surface area contributed by atoms with Gasteiger partial charge in [-0.05, 0) is 67.1 Å². The van der Waals surface area contributed by atoms with Crippen molar-refractivity contribution >= 4 is 40.7 Å². The van der Waals surface area contributed by atoms with Gasteiger partial charge >= 0.3 is 12.1 Å². The Bertz CT molecular complexity index is 1060. The fourth-order valence-corrected chi connectivity index (χ4v) is 2.99. The van der Waals surface area contributed by atoms with Gasteiger partial charge in [0.05, 0.1) is 5.69 Å². The first kappa shape index (κ1) is 23.0. The first-order valence-corrected chi connectivity index (χ1v) is 10.2. The number of benzene rings is 3. The number of nitrogens with zero attached hydrogens (tertiary/aromatic N) is 1. The Labute approximate surface area is 189 Å². The van der Waals surface area contributed by atoms with Crippen LogP contribution in [-0.2, 0) is 0 Å². The Morgan fingerprint density at radius 3 is 2.25 bits per heavy atom. The highest BCUT2D eigenvalue weighted by Crippen LogP contribution is 2.19. The molecule has 6 nitrogen and oxygen atoms in total. The van der Waals surface area contributed by atoms with Crippen LogP contribution in [0.1, 0.15) is 6.42 Å². The third-order valence-corrected chi connectivity index (χ3v) is 4.70. The van der Waals surface area contributed by atoms with Gasteiger partial charge in [-0.1, -0.05) is 23.7 Å². The van der Waals surface area contributed by atoms with Crippen molar-refractivity contribution in [3.63, 3.8) is 0 Å². The third kappa shape index (κ3) is 6.68. The number of anilines is 3. The largest absolute Gasteiger partial charge is 0.338 e. The second kappa shape index (κ2) is 11.1. The van der Waals surface area contributed by atoms with E-state index in [0.717, 1.165) is 0 Å². The van der Waals surface area contributed by atoms with Crippen molar-refractivity contribution in [1.82, 2.24) is 5.32 Å². The van der Waals surface area contributed by atoms with E-state index >= 15 is 0 Å². The average molecular weight is 459 g/mol. The van der Waals surface area contributed by atoms with E-state index in [4.69, 9.17) is 11.6 Å². The highest BCUT2D eigenvalue weighted by atomic mass is 35.5. The molecule has 3 N–H and O–H groups in total. The van der Waals surface area contributed by atoms with Gasteiger partial charge in [0.15, 0.2) is 0 Å². The predicted molar refractivity (Wildman–Crippen MR) is 122 cm³/mol. The van der Waals surface area contributed by atoms with Crippen LogP contribution in [0.5, 0.6) is 0 Å². The summed E-state index contributed by atoms with van der Waals surface area (Å²) in [7, 11) is 0. The molecule has 0 aliphatic heterocycles. The van der Waals surface area contributed by atoms with E-state index in [1.807, 2.05) is 0 Å². The van der Waals surface area contributed by atoms with E-state index in [1.165, 1.54) is 47.4 Å². The maximum absolute atomic E-state index is 13.9. The number of para-hydroxylation sites is 1. The number of hydrogen-bond donors (Lipinski definition) is 3. The fourth-order valence-electron chi connectivity index (χ4n) is 2.86. The number of rotatable bonds is 7. The highest BCUT2D eigenvalue weighted by Gasteiger charge is 2.17. The van der Waals surface area contributed by atoms with E-state index in [9.17, 15) is 18.4 Å². The van der Waals surface area contributed by atoms with Gasteiger partial charge in [0.2, 0.25) is 0 Å². The number of amides is 4. The average Bonchev–Trinajstić information content (AvgIpc) is 2.78. The second-order valence-corrected chi connectivity index (χ2v) is 7.22. The minimum Gasteiger partial charge on any atom is -0.338 e. The third-order valence-electron chi connectivity index (χ3n) is 4.45. The lowest BCUT2D eigenvalue weighted by Crippen LogP contribution is -2.38. The molecule has 0 radical (unpaired) electrons. The van der Waals surface area contributed by atoms with Crippen molar-refractivity contribution < 1.29 is 18.4 Å². The molecule has 0 heterocycles. The zero-order valence-corrected chi connectivity index (χ0v) is 17.7. The molecule has 3 aromatic carbocycles. The topological polar surface area (TPSA) is 73.5 Å². The summed E-state index contributed by atoms with van der Waals surface area (Å²) in [4.78, 5) is 26.2. The molecule has 0 atom stereocenters. The van der Waals surface area contributed by atoms with E-state index < -0.39 is 23.7 Å². The summed E-state index contributed by atoms with van der Waals surface area (Å²) in [6.07, 6.45) is 0.399. The van der Waals surface area contributed by atoms with Crippen molar-refractivity contribution in [3.8, 4) is 0 Å². The summed E-state index contributed by atoms with van der Waals surface area (Å²) < 4.78 is 27.2. The minimum atomic E-state index is -0.577. The molecule has 0 spiro atoms. The lowest BCUT2D eigenvalue weighted by Gasteiger charge is -2.23. The minimum absolute atomic E-state index is 0.0325. The molecule has 4 amide bonds. The molecular weight excluding hydrogens is 438 g/mol. The fraction of sp³-hybridized carbons (Fsp3) is 0.130. The maximum Gasteiger partial charge on any atom is 0.326 e. The standard InChI is InChI=1S/C23H21ClF2N4O2/c24-16-6-10-18(11-7-16)28-22(31)27-14-3-15-30(19-12-8-17(25)9-13-19)23(32)29-21-5-2-1-4-20(21)26/h1-2,4-13H,3,14-15H2,(H,29,32)(H2,27,28,31).